The lowest BCUT2D eigenvalue weighted by Gasteiger charge is -2.31. The second-order valence-electron chi connectivity index (χ2n) is 4.45. The number of aliphatic hydroxyl groups excluding tert-OH is 2. The third-order valence-corrected chi connectivity index (χ3v) is 3.14. The summed E-state index contributed by atoms with van der Waals surface area (Å²) in [6, 6.07) is 4.65. The third kappa shape index (κ3) is 3.40. The zero-order valence-corrected chi connectivity index (χ0v) is 10.8. The number of alkyl halides is 3. The summed E-state index contributed by atoms with van der Waals surface area (Å²) < 4.78 is 38.4. The van der Waals surface area contributed by atoms with Crippen molar-refractivity contribution in [2.75, 3.05) is 18.5 Å². The van der Waals surface area contributed by atoms with Crippen LogP contribution in [0.25, 0.3) is 0 Å². The van der Waals surface area contributed by atoms with Crippen LogP contribution in [0.3, 0.4) is 0 Å². The van der Waals surface area contributed by atoms with Crippen molar-refractivity contribution < 1.29 is 23.4 Å². The summed E-state index contributed by atoms with van der Waals surface area (Å²) in [6.45, 7) is 0.830. The molecule has 0 saturated carbocycles. The highest BCUT2D eigenvalue weighted by atomic mass is 19.4. The molecule has 0 aliphatic rings. The summed E-state index contributed by atoms with van der Waals surface area (Å²) in [5, 5.41) is 29.9. The molecule has 0 amide bonds. The van der Waals surface area contributed by atoms with E-state index < -0.39 is 36.1 Å². The van der Waals surface area contributed by atoms with E-state index in [0.29, 0.717) is 6.42 Å². The van der Waals surface area contributed by atoms with E-state index in [-0.39, 0.29) is 5.69 Å². The van der Waals surface area contributed by atoms with Gasteiger partial charge in [-0.2, -0.15) is 18.4 Å². The van der Waals surface area contributed by atoms with Crippen LogP contribution in [0.2, 0.25) is 0 Å². The average molecular weight is 288 g/mol. The first-order valence-electron chi connectivity index (χ1n) is 5.93. The van der Waals surface area contributed by atoms with Gasteiger partial charge in [-0.25, -0.2) is 0 Å². The second kappa shape index (κ2) is 6.11. The van der Waals surface area contributed by atoms with E-state index in [0.717, 1.165) is 12.1 Å². The lowest BCUT2D eigenvalue weighted by molar-refractivity contribution is -0.137. The average Bonchev–Trinajstić information content (AvgIpc) is 2.44. The molecule has 0 aliphatic heterocycles. The monoisotopic (exact) mass is 288 g/mol. The Labute approximate surface area is 114 Å². The van der Waals surface area contributed by atoms with E-state index in [1.165, 1.54) is 12.1 Å². The Morgan fingerprint density at radius 1 is 1.25 bits per heavy atom. The van der Waals surface area contributed by atoms with Gasteiger partial charge >= 0.3 is 6.18 Å². The van der Waals surface area contributed by atoms with E-state index in [4.69, 9.17) is 5.26 Å². The second-order valence-corrected chi connectivity index (χ2v) is 4.45. The van der Waals surface area contributed by atoms with Crippen molar-refractivity contribution in [1.82, 2.24) is 0 Å². The molecule has 110 valence electrons. The molecule has 4 nitrogen and oxygen atoms in total. The molecule has 1 aromatic carbocycles. The Morgan fingerprint density at radius 2 is 1.85 bits per heavy atom. The molecule has 0 radical (unpaired) electrons. The molecule has 0 fully saturated rings. The largest absolute Gasteiger partial charge is 0.417 e. The summed E-state index contributed by atoms with van der Waals surface area (Å²) >= 11 is 0. The number of nitriles is 1. The lowest BCUT2D eigenvalue weighted by Crippen LogP contribution is -2.45. The number of rotatable bonds is 5. The van der Waals surface area contributed by atoms with Crippen molar-refractivity contribution in [3.05, 3.63) is 29.3 Å². The van der Waals surface area contributed by atoms with Gasteiger partial charge in [0.05, 0.1) is 35.9 Å². The SMILES string of the molecule is CCC(CO)(CO)Nc1ccc(C#N)c(C(F)(F)F)c1. The van der Waals surface area contributed by atoms with Gasteiger partial charge in [0.2, 0.25) is 0 Å². The fraction of sp³-hybridized carbons (Fsp3) is 0.462. The zero-order valence-electron chi connectivity index (χ0n) is 10.8. The van der Waals surface area contributed by atoms with Crippen LogP contribution in [-0.4, -0.2) is 29.0 Å². The van der Waals surface area contributed by atoms with Crippen molar-refractivity contribution in [2.24, 2.45) is 0 Å². The van der Waals surface area contributed by atoms with Crippen molar-refractivity contribution in [2.45, 2.75) is 25.1 Å². The van der Waals surface area contributed by atoms with Crippen molar-refractivity contribution in [3.63, 3.8) is 0 Å². The highest BCUT2D eigenvalue weighted by Crippen LogP contribution is 2.34. The highest BCUT2D eigenvalue weighted by molar-refractivity contribution is 5.54. The number of hydrogen-bond acceptors (Lipinski definition) is 4. The Morgan fingerprint density at radius 3 is 2.25 bits per heavy atom. The first-order valence-corrected chi connectivity index (χ1v) is 5.93. The predicted octanol–water partition coefficient (Wildman–Crippen LogP) is 2.12. The molecule has 0 heterocycles. The number of halogens is 3. The third-order valence-electron chi connectivity index (χ3n) is 3.14. The molecular weight excluding hydrogens is 273 g/mol. The fourth-order valence-corrected chi connectivity index (χ4v) is 1.70. The van der Waals surface area contributed by atoms with Gasteiger partial charge in [-0.15, -0.1) is 0 Å². The summed E-state index contributed by atoms with van der Waals surface area (Å²) in [5.74, 6) is 0. The van der Waals surface area contributed by atoms with Gasteiger partial charge < -0.3 is 15.5 Å². The molecule has 0 saturated heterocycles. The molecule has 0 aliphatic carbocycles. The smallest absolute Gasteiger partial charge is 0.394 e. The summed E-state index contributed by atoms with van der Waals surface area (Å²) in [7, 11) is 0. The molecule has 0 aromatic heterocycles. The molecule has 0 unspecified atom stereocenters. The zero-order chi connectivity index (χ0) is 15.4. The van der Waals surface area contributed by atoms with Gasteiger partial charge in [-0.3, -0.25) is 0 Å². The van der Waals surface area contributed by atoms with Crippen LogP contribution in [0.4, 0.5) is 18.9 Å². The highest BCUT2D eigenvalue weighted by Gasteiger charge is 2.34. The van der Waals surface area contributed by atoms with Crippen LogP contribution < -0.4 is 5.32 Å². The van der Waals surface area contributed by atoms with E-state index in [1.54, 1.807) is 6.92 Å². The van der Waals surface area contributed by atoms with Crippen LogP contribution in [0, 0.1) is 11.3 Å². The van der Waals surface area contributed by atoms with E-state index >= 15 is 0 Å². The minimum absolute atomic E-state index is 0.0845. The molecular formula is C13H15F3N2O2. The maximum absolute atomic E-state index is 12.8. The summed E-state index contributed by atoms with van der Waals surface area (Å²) in [4.78, 5) is 0. The van der Waals surface area contributed by atoms with Gasteiger partial charge in [0.15, 0.2) is 0 Å². The Bertz CT molecular complexity index is 497. The summed E-state index contributed by atoms with van der Waals surface area (Å²) in [5.41, 5.74) is -2.54. The van der Waals surface area contributed by atoms with Crippen molar-refractivity contribution >= 4 is 5.69 Å². The number of aliphatic hydroxyl groups is 2. The minimum Gasteiger partial charge on any atom is -0.394 e. The Hall–Kier alpha value is -1.78. The molecule has 0 spiro atoms. The number of anilines is 1. The fourth-order valence-electron chi connectivity index (χ4n) is 1.70. The molecule has 0 bridgehead atoms. The number of nitrogens with zero attached hydrogens (tertiary/aromatic N) is 1. The van der Waals surface area contributed by atoms with Gasteiger partial charge in [-0.1, -0.05) is 6.92 Å². The van der Waals surface area contributed by atoms with E-state index in [9.17, 15) is 23.4 Å². The van der Waals surface area contributed by atoms with Crippen LogP contribution in [0.15, 0.2) is 18.2 Å². The van der Waals surface area contributed by atoms with Crippen molar-refractivity contribution in [3.8, 4) is 6.07 Å². The topological polar surface area (TPSA) is 76.3 Å². The Balaban J connectivity index is 3.20. The molecule has 7 heteroatoms. The van der Waals surface area contributed by atoms with Crippen LogP contribution in [0.5, 0.6) is 0 Å². The molecule has 0 atom stereocenters. The normalized spacial score (nSPS) is 12.1. The molecule has 1 rings (SSSR count). The van der Waals surface area contributed by atoms with Gasteiger partial charge in [-0.05, 0) is 24.6 Å². The first kappa shape index (κ1) is 16.3. The van der Waals surface area contributed by atoms with Crippen LogP contribution >= 0.6 is 0 Å². The predicted molar refractivity (Wildman–Crippen MR) is 67.0 cm³/mol. The van der Waals surface area contributed by atoms with Crippen molar-refractivity contribution in [1.29, 1.82) is 5.26 Å². The Kier molecular flexibility index (Phi) is 4.98. The lowest BCUT2D eigenvalue weighted by atomic mass is 9.97. The van der Waals surface area contributed by atoms with Crippen LogP contribution in [0.1, 0.15) is 24.5 Å². The molecule has 20 heavy (non-hydrogen) atoms. The van der Waals surface area contributed by atoms with Crippen LogP contribution in [-0.2, 0) is 6.18 Å². The number of nitrogens with one attached hydrogen (secondary N) is 1. The quantitative estimate of drug-likeness (QED) is 0.775. The van der Waals surface area contributed by atoms with E-state index in [1.807, 2.05) is 0 Å². The first-order chi connectivity index (χ1) is 9.31. The van der Waals surface area contributed by atoms with E-state index in [2.05, 4.69) is 5.32 Å². The molecule has 1 aromatic rings. The number of benzene rings is 1. The maximum Gasteiger partial charge on any atom is 0.417 e. The summed E-state index contributed by atoms with van der Waals surface area (Å²) in [6.07, 6.45) is -4.32. The number of hydrogen-bond donors (Lipinski definition) is 3. The maximum atomic E-state index is 12.8. The minimum atomic E-state index is -4.64. The van der Waals surface area contributed by atoms with Gasteiger partial charge in [0, 0.05) is 5.69 Å². The standard InChI is InChI=1S/C13H15F3N2O2/c1-2-12(7-19,8-20)18-10-4-3-9(6-17)11(5-10)13(14,15)16/h3-5,18-20H,2,7-8H2,1H3. The molecule has 3 N–H and O–H groups in total. The van der Waals surface area contributed by atoms with Gasteiger partial charge in [0.25, 0.3) is 0 Å². The van der Waals surface area contributed by atoms with Gasteiger partial charge in [0.1, 0.15) is 0 Å².